The fourth-order valence-electron chi connectivity index (χ4n) is 2.00. The van der Waals surface area contributed by atoms with Crippen LogP contribution in [-0.2, 0) is 0 Å². The second kappa shape index (κ2) is 6.00. The van der Waals surface area contributed by atoms with Gasteiger partial charge in [-0.15, -0.1) is 0 Å². The minimum Gasteiger partial charge on any atom is -0.463 e. The molecule has 0 amide bonds. The summed E-state index contributed by atoms with van der Waals surface area (Å²) in [5, 5.41) is 3.15. The van der Waals surface area contributed by atoms with Gasteiger partial charge in [-0.3, -0.25) is 0 Å². The quantitative estimate of drug-likeness (QED) is 0.877. The van der Waals surface area contributed by atoms with Gasteiger partial charge in [0, 0.05) is 6.54 Å². The fourth-order valence-corrected chi connectivity index (χ4v) is 2.16. The Balaban J connectivity index is 1.94. The lowest BCUT2D eigenvalue weighted by atomic mass is 10.1. The van der Waals surface area contributed by atoms with Crippen LogP contribution in [0.4, 0.5) is 5.95 Å². The normalized spacial score (nSPS) is 16.1. The topological polar surface area (TPSA) is 59.9 Å². The van der Waals surface area contributed by atoms with Crippen molar-refractivity contribution in [3.8, 4) is 6.01 Å². The molecular weight excluding hydrogens is 240 g/mol. The first-order valence-corrected chi connectivity index (χ1v) is 6.44. The van der Waals surface area contributed by atoms with E-state index in [1.165, 1.54) is 25.7 Å². The highest BCUT2D eigenvalue weighted by Gasteiger charge is 2.16. The molecule has 1 heterocycles. The summed E-state index contributed by atoms with van der Waals surface area (Å²) in [5.74, 6) is 1.10. The second-order valence-corrected chi connectivity index (χ2v) is 4.54. The highest BCUT2D eigenvalue weighted by Crippen LogP contribution is 2.25. The van der Waals surface area contributed by atoms with E-state index in [1.807, 2.05) is 6.92 Å². The van der Waals surface area contributed by atoms with Crippen molar-refractivity contribution in [2.75, 3.05) is 18.5 Å². The van der Waals surface area contributed by atoms with E-state index in [4.69, 9.17) is 16.3 Å². The Morgan fingerprint density at radius 1 is 1.29 bits per heavy atom. The number of halogens is 1. The van der Waals surface area contributed by atoms with Crippen LogP contribution in [0.5, 0.6) is 6.01 Å². The van der Waals surface area contributed by atoms with E-state index in [1.54, 1.807) is 0 Å². The first-order chi connectivity index (χ1) is 8.28. The summed E-state index contributed by atoms with van der Waals surface area (Å²) in [7, 11) is 0. The molecule has 6 heteroatoms. The van der Waals surface area contributed by atoms with Gasteiger partial charge in [-0.2, -0.15) is 15.0 Å². The van der Waals surface area contributed by atoms with Gasteiger partial charge >= 0.3 is 6.01 Å². The number of hydrogen-bond donors (Lipinski definition) is 1. The van der Waals surface area contributed by atoms with E-state index in [-0.39, 0.29) is 5.28 Å². The van der Waals surface area contributed by atoms with Gasteiger partial charge in [0.25, 0.3) is 0 Å². The summed E-state index contributed by atoms with van der Waals surface area (Å²) in [5.41, 5.74) is 0. The maximum atomic E-state index is 5.80. The van der Waals surface area contributed by atoms with Gasteiger partial charge in [0.15, 0.2) is 0 Å². The Bertz CT molecular complexity index is 368. The number of ether oxygens (including phenoxy) is 1. The molecule has 0 radical (unpaired) electrons. The summed E-state index contributed by atoms with van der Waals surface area (Å²) in [6.07, 6.45) is 5.07. The minimum absolute atomic E-state index is 0.164. The first-order valence-electron chi connectivity index (χ1n) is 6.06. The highest BCUT2D eigenvalue weighted by atomic mass is 35.5. The van der Waals surface area contributed by atoms with Crippen molar-refractivity contribution in [2.45, 2.75) is 32.6 Å². The highest BCUT2D eigenvalue weighted by molar-refractivity contribution is 6.28. The van der Waals surface area contributed by atoms with E-state index in [2.05, 4.69) is 20.3 Å². The number of nitrogens with one attached hydrogen (secondary N) is 1. The Morgan fingerprint density at radius 3 is 2.76 bits per heavy atom. The van der Waals surface area contributed by atoms with E-state index >= 15 is 0 Å². The number of hydrogen-bond acceptors (Lipinski definition) is 5. The lowest BCUT2D eigenvalue weighted by Crippen LogP contribution is -2.12. The van der Waals surface area contributed by atoms with Crippen LogP contribution in [-0.4, -0.2) is 28.1 Å². The van der Waals surface area contributed by atoms with Crippen LogP contribution in [0.15, 0.2) is 0 Å². The molecule has 0 spiro atoms. The lowest BCUT2D eigenvalue weighted by molar-refractivity contribution is 0.234. The third-order valence-corrected chi connectivity index (χ3v) is 3.01. The van der Waals surface area contributed by atoms with Gasteiger partial charge in [-0.25, -0.2) is 0 Å². The summed E-state index contributed by atoms with van der Waals surface area (Å²) in [6.45, 7) is 3.38. The van der Waals surface area contributed by atoms with Crippen LogP contribution in [0.1, 0.15) is 32.6 Å². The molecular formula is C11H17ClN4O. The number of anilines is 1. The lowest BCUT2D eigenvalue weighted by Gasteiger charge is -2.10. The fraction of sp³-hybridized carbons (Fsp3) is 0.727. The van der Waals surface area contributed by atoms with Gasteiger partial charge < -0.3 is 10.1 Å². The van der Waals surface area contributed by atoms with Crippen LogP contribution in [0.3, 0.4) is 0 Å². The maximum Gasteiger partial charge on any atom is 0.322 e. The predicted octanol–water partition coefficient (Wildman–Crippen LogP) is 2.53. The third kappa shape index (κ3) is 3.70. The van der Waals surface area contributed by atoms with Gasteiger partial charge in [0.05, 0.1) is 6.61 Å². The van der Waals surface area contributed by atoms with Crippen LogP contribution in [0, 0.1) is 5.92 Å². The molecule has 0 aliphatic heterocycles. The molecule has 2 rings (SSSR count). The smallest absolute Gasteiger partial charge is 0.322 e. The van der Waals surface area contributed by atoms with E-state index < -0.39 is 0 Å². The molecule has 0 atom stereocenters. The Morgan fingerprint density at radius 2 is 2.06 bits per heavy atom. The zero-order chi connectivity index (χ0) is 12.1. The van der Waals surface area contributed by atoms with Crippen LogP contribution < -0.4 is 10.1 Å². The summed E-state index contributed by atoms with van der Waals surface area (Å²) >= 11 is 5.80. The molecule has 1 N–H and O–H groups in total. The van der Waals surface area contributed by atoms with Crippen LogP contribution in [0.25, 0.3) is 0 Å². The second-order valence-electron chi connectivity index (χ2n) is 4.20. The van der Waals surface area contributed by atoms with E-state index in [9.17, 15) is 0 Å². The summed E-state index contributed by atoms with van der Waals surface area (Å²) < 4.78 is 5.57. The Hall–Kier alpha value is -1.10. The standard InChI is InChI=1S/C11H17ClN4O/c1-2-13-10-14-9(12)15-11(16-10)17-7-8-5-3-4-6-8/h8H,2-7H2,1H3,(H,13,14,15,16). The molecule has 1 fully saturated rings. The SMILES string of the molecule is CCNc1nc(Cl)nc(OCC2CCCC2)n1. The molecule has 17 heavy (non-hydrogen) atoms. The monoisotopic (exact) mass is 256 g/mol. The van der Waals surface area contributed by atoms with E-state index in [0.717, 1.165) is 6.54 Å². The Kier molecular flexibility index (Phi) is 4.36. The van der Waals surface area contributed by atoms with Crippen molar-refractivity contribution < 1.29 is 4.74 Å². The Labute approximate surface area is 106 Å². The summed E-state index contributed by atoms with van der Waals surface area (Å²) in [4.78, 5) is 12.1. The first kappa shape index (κ1) is 12.4. The molecule has 1 aliphatic rings. The average molecular weight is 257 g/mol. The molecule has 0 saturated heterocycles. The van der Waals surface area contributed by atoms with Crippen LogP contribution >= 0.6 is 11.6 Å². The average Bonchev–Trinajstić information content (AvgIpc) is 2.79. The number of nitrogens with zero attached hydrogens (tertiary/aromatic N) is 3. The van der Waals surface area contributed by atoms with E-state index in [0.29, 0.717) is 24.5 Å². The molecule has 94 valence electrons. The molecule has 5 nitrogen and oxygen atoms in total. The maximum absolute atomic E-state index is 5.80. The predicted molar refractivity (Wildman–Crippen MR) is 66.5 cm³/mol. The summed E-state index contributed by atoms with van der Waals surface area (Å²) in [6, 6.07) is 0.313. The third-order valence-electron chi connectivity index (χ3n) is 2.85. The number of aromatic nitrogens is 3. The molecule has 1 saturated carbocycles. The molecule has 1 aromatic rings. The zero-order valence-corrected chi connectivity index (χ0v) is 10.7. The van der Waals surface area contributed by atoms with Crippen molar-refractivity contribution in [2.24, 2.45) is 5.92 Å². The van der Waals surface area contributed by atoms with Gasteiger partial charge in [-0.1, -0.05) is 12.8 Å². The molecule has 1 aliphatic carbocycles. The van der Waals surface area contributed by atoms with Crippen molar-refractivity contribution in [3.63, 3.8) is 0 Å². The van der Waals surface area contributed by atoms with Gasteiger partial charge in [0.2, 0.25) is 11.2 Å². The largest absolute Gasteiger partial charge is 0.463 e. The molecule has 0 aromatic carbocycles. The molecule has 0 bridgehead atoms. The van der Waals surface area contributed by atoms with Crippen LogP contribution in [0.2, 0.25) is 5.28 Å². The van der Waals surface area contributed by atoms with Gasteiger partial charge in [0.1, 0.15) is 0 Å². The van der Waals surface area contributed by atoms with Crippen molar-refractivity contribution >= 4 is 17.5 Å². The van der Waals surface area contributed by atoms with Gasteiger partial charge in [-0.05, 0) is 37.3 Å². The zero-order valence-electron chi connectivity index (χ0n) is 9.95. The van der Waals surface area contributed by atoms with Crippen molar-refractivity contribution in [3.05, 3.63) is 5.28 Å². The minimum atomic E-state index is 0.164. The molecule has 1 aromatic heterocycles. The van der Waals surface area contributed by atoms with Crippen molar-refractivity contribution in [1.82, 2.24) is 15.0 Å². The van der Waals surface area contributed by atoms with Crippen molar-refractivity contribution in [1.29, 1.82) is 0 Å². The number of rotatable bonds is 5. The molecule has 0 unspecified atom stereocenters.